The monoisotopic (exact) mass is 249 g/mol. The normalized spacial score (nSPS) is 10.8. The first-order chi connectivity index (χ1) is 8.18. The molecule has 0 saturated carbocycles. The first-order valence-electron chi connectivity index (χ1n) is 5.60. The number of benzene rings is 1. The van der Waals surface area contributed by atoms with E-state index in [1.54, 1.807) is 6.20 Å². The highest BCUT2D eigenvalue weighted by Gasteiger charge is 2.03. The van der Waals surface area contributed by atoms with Gasteiger partial charge >= 0.3 is 0 Å². The summed E-state index contributed by atoms with van der Waals surface area (Å²) >= 11 is 5.92. The largest absolute Gasteiger partial charge is 0.321 e. The highest BCUT2D eigenvalue weighted by molar-refractivity contribution is 6.29. The van der Waals surface area contributed by atoms with E-state index in [1.165, 1.54) is 11.1 Å². The molecule has 0 aliphatic carbocycles. The zero-order valence-corrected chi connectivity index (χ0v) is 10.8. The summed E-state index contributed by atoms with van der Waals surface area (Å²) in [6.45, 7) is 3.68. The SMILES string of the molecule is Cc1ccccc1CNCc1ncc(Cl)n1C. The zero-order valence-electron chi connectivity index (χ0n) is 10.1. The Morgan fingerprint density at radius 1 is 1.29 bits per heavy atom. The number of halogens is 1. The van der Waals surface area contributed by atoms with E-state index in [0.29, 0.717) is 5.15 Å². The lowest BCUT2D eigenvalue weighted by Gasteiger charge is -2.07. The van der Waals surface area contributed by atoms with Crippen LogP contribution in [0.2, 0.25) is 5.15 Å². The third kappa shape index (κ3) is 2.87. The van der Waals surface area contributed by atoms with Gasteiger partial charge in [-0.15, -0.1) is 0 Å². The van der Waals surface area contributed by atoms with E-state index in [4.69, 9.17) is 11.6 Å². The minimum atomic E-state index is 0.665. The van der Waals surface area contributed by atoms with Crippen LogP contribution in [0.25, 0.3) is 0 Å². The molecule has 0 radical (unpaired) electrons. The second-order valence-corrected chi connectivity index (χ2v) is 4.47. The fourth-order valence-electron chi connectivity index (χ4n) is 1.71. The van der Waals surface area contributed by atoms with Crippen molar-refractivity contribution < 1.29 is 0 Å². The topological polar surface area (TPSA) is 29.9 Å². The zero-order chi connectivity index (χ0) is 12.3. The van der Waals surface area contributed by atoms with Crippen LogP contribution >= 0.6 is 11.6 Å². The summed E-state index contributed by atoms with van der Waals surface area (Å²) in [5, 5.41) is 4.04. The van der Waals surface area contributed by atoms with Gasteiger partial charge < -0.3 is 9.88 Å². The van der Waals surface area contributed by atoms with Crippen LogP contribution in [0, 0.1) is 6.92 Å². The van der Waals surface area contributed by atoms with Crippen molar-refractivity contribution in [1.29, 1.82) is 0 Å². The molecule has 2 aromatic rings. The van der Waals surface area contributed by atoms with Crippen LogP contribution in [0.3, 0.4) is 0 Å². The molecule has 0 aliphatic rings. The van der Waals surface area contributed by atoms with Crippen molar-refractivity contribution in [3.8, 4) is 0 Å². The first kappa shape index (κ1) is 12.1. The van der Waals surface area contributed by atoms with Crippen LogP contribution in [-0.2, 0) is 20.1 Å². The van der Waals surface area contributed by atoms with Crippen molar-refractivity contribution in [2.75, 3.05) is 0 Å². The Bertz CT molecular complexity index is 505. The van der Waals surface area contributed by atoms with Gasteiger partial charge in [0.25, 0.3) is 0 Å². The lowest BCUT2D eigenvalue weighted by atomic mass is 10.1. The van der Waals surface area contributed by atoms with Crippen molar-refractivity contribution in [3.05, 3.63) is 52.6 Å². The van der Waals surface area contributed by atoms with Crippen LogP contribution in [0.15, 0.2) is 30.5 Å². The van der Waals surface area contributed by atoms with Crippen molar-refractivity contribution >= 4 is 11.6 Å². The Morgan fingerprint density at radius 2 is 2.06 bits per heavy atom. The molecule has 0 bridgehead atoms. The summed E-state index contributed by atoms with van der Waals surface area (Å²) in [6, 6.07) is 8.36. The second-order valence-electron chi connectivity index (χ2n) is 4.09. The van der Waals surface area contributed by atoms with Gasteiger partial charge in [0.15, 0.2) is 0 Å². The minimum absolute atomic E-state index is 0.665. The highest BCUT2D eigenvalue weighted by atomic mass is 35.5. The number of nitrogens with zero attached hydrogens (tertiary/aromatic N) is 2. The molecule has 0 amide bonds. The van der Waals surface area contributed by atoms with Gasteiger partial charge in [-0.2, -0.15) is 0 Å². The molecule has 0 saturated heterocycles. The van der Waals surface area contributed by atoms with E-state index < -0.39 is 0 Å². The number of hydrogen-bond acceptors (Lipinski definition) is 2. The maximum absolute atomic E-state index is 5.92. The van der Waals surface area contributed by atoms with Gasteiger partial charge in [0.05, 0.1) is 12.7 Å². The molecule has 1 heterocycles. The molecule has 0 spiro atoms. The number of imidazole rings is 1. The van der Waals surface area contributed by atoms with Gasteiger partial charge in [-0.3, -0.25) is 0 Å². The first-order valence-corrected chi connectivity index (χ1v) is 5.97. The molecule has 0 aliphatic heterocycles. The predicted octanol–water partition coefficient (Wildman–Crippen LogP) is 2.67. The van der Waals surface area contributed by atoms with Gasteiger partial charge in [0.2, 0.25) is 0 Å². The Balaban J connectivity index is 1.92. The fraction of sp³-hybridized carbons (Fsp3) is 0.308. The van der Waals surface area contributed by atoms with E-state index in [0.717, 1.165) is 18.9 Å². The molecule has 2 rings (SSSR count). The van der Waals surface area contributed by atoms with E-state index in [-0.39, 0.29) is 0 Å². The number of nitrogens with one attached hydrogen (secondary N) is 1. The van der Waals surface area contributed by atoms with Crippen molar-refractivity contribution in [2.45, 2.75) is 20.0 Å². The second kappa shape index (κ2) is 5.34. The average molecular weight is 250 g/mol. The summed E-state index contributed by atoms with van der Waals surface area (Å²) in [5.74, 6) is 0.948. The van der Waals surface area contributed by atoms with Crippen LogP contribution in [0.1, 0.15) is 17.0 Å². The predicted molar refractivity (Wildman–Crippen MR) is 69.9 cm³/mol. The Morgan fingerprint density at radius 3 is 2.71 bits per heavy atom. The molecular weight excluding hydrogens is 234 g/mol. The molecule has 17 heavy (non-hydrogen) atoms. The maximum atomic E-state index is 5.92. The summed E-state index contributed by atoms with van der Waals surface area (Å²) in [5.41, 5.74) is 2.62. The molecule has 1 aromatic heterocycles. The molecule has 1 aromatic carbocycles. The Hall–Kier alpha value is -1.32. The summed E-state index contributed by atoms with van der Waals surface area (Å²) in [7, 11) is 1.92. The summed E-state index contributed by atoms with van der Waals surface area (Å²) in [4.78, 5) is 4.24. The highest BCUT2D eigenvalue weighted by Crippen LogP contribution is 2.10. The third-order valence-electron chi connectivity index (χ3n) is 2.89. The van der Waals surface area contributed by atoms with E-state index in [1.807, 2.05) is 11.6 Å². The van der Waals surface area contributed by atoms with E-state index in [2.05, 4.69) is 41.5 Å². The quantitative estimate of drug-likeness (QED) is 0.903. The lowest BCUT2D eigenvalue weighted by Crippen LogP contribution is -2.16. The number of rotatable bonds is 4. The van der Waals surface area contributed by atoms with Crippen molar-refractivity contribution in [3.63, 3.8) is 0 Å². The third-order valence-corrected chi connectivity index (χ3v) is 3.24. The van der Waals surface area contributed by atoms with E-state index in [9.17, 15) is 0 Å². The maximum Gasteiger partial charge on any atom is 0.128 e. The Labute approximate surface area is 106 Å². The average Bonchev–Trinajstić information content (AvgIpc) is 2.63. The van der Waals surface area contributed by atoms with Gasteiger partial charge in [0, 0.05) is 13.6 Å². The molecule has 90 valence electrons. The molecule has 0 atom stereocenters. The molecular formula is C13H16ClN3. The molecule has 4 heteroatoms. The smallest absolute Gasteiger partial charge is 0.128 e. The number of aromatic nitrogens is 2. The van der Waals surface area contributed by atoms with Gasteiger partial charge in [0.1, 0.15) is 11.0 Å². The molecule has 0 fully saturated rings. The molecule has 3 nitrogen and oxygen atoms in total. The standard InChI is InChI=1S/C13H16ClN3/c1-10-5-3-4-6-11(10)7-15-9-13-16-8-12(14)17(13)2/h3-6,8,15H,7,9H2,1-2H3. The van der Waals surface area contributed by atoms with Gasteiger partial charge in [-0.1, -0.05) is 35.9 Å². The molecule has 1 N–H and O–H groups in total. The van der Waals surface area contributed by atoms with Crippen LogP contribution in [-0.4, -0.2) is 9.55 Å². The molecule has 0 unspecified atom stereocenters. The number of aryl methyl sites for hydroxylation is 1. The number of hydrogen-bond donors (Lipinski definition) is 1. The lowest BCUT2D eigenvalue weighted by molar-refractivity contribution is 0.637. The fourth-order valence-corrected chi connectivity index (χ4v) is 1.85. The van der Waals surface area contributed by atoms with Crippen LogP contribution in [0.5, 0.6) is 0 Å². The summed E-state index contributed by atoms with van der Waals surface area (Å²) in [6.07, 6.45) is 1.67. The van der Waals surface area contributed by atoms with Crippen LogP contribution < -0.4 is 5.32 Å². The van der Waals surface area contributed by atoms with Gasteiger partial charge in [-0.05, 0) is 18.1 Å². The minimum Gasteiger partial charge on any atom is -0.321 e. The summed E-state index contributed by atoms with van der Waals surface area (Å²) < 4.78 is 1.88. The van der Waals surface area contributed by atoms with Crippen molar-refractivity contribution in [1.82, 2.24) is 14.9 Å². The van der Waals surface area contributed by atoms with Crippen molar-refractivity contribution in [2.24, 2.45) is 7.05 Å². The van der Waals surface area contributed by atoms with E-state index >= 15 is 0 Å². The van der Waals surface area contributed by atoms with Gasteiger partial charge in [-0.25, -0.2) is 4.98 Å². The van der Waals surface area contributed by atoms with Crippen LogP contribution in [0.4, 0.5) is 0 Å². The Kier molecular flexibility index (Phi) is 3.82.